The summed E-state index contributed by atoms with van der Waals surface area (Å²) >= 11 is 0. The SMILES string of the molecule is CC(NCCCC(C)(C)CO)C1CCCCC1. The van der Waals surface area contributed by atoms with Gasteiger partial charge >= 0.3 is 0 Å². The average Bonchev–Trinajstić information content (AvgIpc) is 2.35. The summed E-state index contributed by atoms with van der Waals surface area (Å²) in [5.41, 5.74) is 0.0930. The first kappa shape index (κ1) is 15.0. The highest BCUT2D eigenvalue weighted by Crippen LogP contribution is 2.26. The minimum absolute atomic E-state index is 0.0930. The Kier molecular flexibility index (Phi) is 6.50. The molecule has 0 heterocycles. The lowest BCUT2D eigenvalue weighted by molar-refractivity contribution is 0.147. The molecule has 0 aromatic rings. The van der Waals surface area contributed by atoms with E-state index in [1.165, 1.54) is 38.5 Å². The molecule has 0 aliphatic heterocycles. The maximum atomic E-state index is 9.19. The van der Waals surface area contributed by atoms with Gasteiger partial charge in [-0.25, -0.2) is 0 Å². The van der Waals surface area contributed by atoms with Crippen LogP contribution in [0.15, 0.2) is 0 Å². The third kappa shape index (κ3) is 5.87. The lowest BCUT2D eigenvalue weighted by Gasteiger charge is -2.29. The van der Waals surface area contributed by atoms with Crippen molar-refractivity contribution < 1.29 is 5.11 Å². The first-order chi connectivity index (χ1) is 8.05. The Hall–Kier alpha value is -0.0800. The van der Waals surface area contributed by atoms with Crippen molar-refractivity contribution in [3.8, 4) is 0 Å². The maximum Gasteiger partial charge on any atom is 0.0482 e. The normalized spacial score (nSPS) is 20.5. The van der Waals surface area contributed by atoms with Crippen LogP contribution in [0.5, 0.6) is 0 Å². The van der Waals surface area contributed by atoms with E-state index in [0.29, 0.717) is 12.6 Å². The Morgan fingerprint density at radius 1 is 1.24 bits per heavy atom. The van der Waals surface area contributed by atoms with Gasteiger partial charge in [-0.3, -0.25) is 0 Å². The van der Waals surface area contributed by atoms with E-state index in [-0.39, 0.29) is 5.41 Å². The van der Waals surface area contributed by atoms with Crippen LogP contribution in [0.25, 0.3) is 0 Å². The molecule has 2 N–H and O–H groups in total. The van der Waals surface area contributed by atoms with E-state index < -0.39 is 0 Å². The monoisotopic (exact) mass is 241 g/mol. The van der Waals surface area contributed by atoms with Crippen molar-refractivity contribution >= 4 is 0 Å². The minimum Gasteiger partial charge on any atom is -0.396 e. The molecule has 1 atom stereocenters. The van der Waals surface area contributed by atoms with Crippen molar-refractivity contribution in [1.82, 2.24) is 5.32 Å². The van der Waals surface area contributed by atoms with Crippen molar-refractivity contribution in [1.29, 1.82) is 0 Å². The van der Waals surface area contributed by atoms with Crippen LogP contribution in [0, 0.1) is 11.3 Å². The van der Waals surface area contributed by atoms with Crippen molar-refractivity contribution in [3.63, 3.8) is 0 Å². The Morgan fingerprint density at radius 3 is 2.47 bits per heavy atom. The van der Waals surface area contributed by atoms with Gasteiger partial charge in [0.2, 0.25) is 0 Å². The van der Waals surface area contributed by atoms with Gasteiger partial charge in [0.15, 0.2) is 0 Å². The molecule has 1 aliphatic carbocycles. The van der Waals surface area contributed by atoms with Crippen LogP contribution < -0.4 is 5.32 Å². The predicted octanol–water partition coefficient (Wildman–Crippen LogP) is 3.34. The van der Waals surface area contributed by atoms with Crippen LogP contribution in [0.2, 0.25) is 0 Å². The fourth-order valence-corrected chi connectivity index (χ4v) is 2.78. The van der Waals surface area contributed by atoms with E-state index >= 15 is 0 Å². The molecule has 1 rings (SSSR count). The first-order valence-corrected chi connectivity index (χ1v) is 7.39. The fraction of sp³-hybridized carbons (Fsp3) is 1.00. The topological polar surface area (TPSA) is 32.3 Å². The molecule has 1 unspecified atom stereocenters. The summed E-state index contributed by atoms with van der Waals surface area (Å²) in [6.45, 7) is 8.01. The zero-order chi connectivity index (χ0) is 12.7. The Morgan fingerprint density at radius 2 is 1.88 bits per heavy atom. The Labute approximate surface area is 107 Å². The van der Waals surface area contributed by atoms with Gasteiger partial charge in [-0.05, 0) is 50.5 Å². The van der Waals surface area contributed by atoms with Crippen molar-refractivity contribution in [2.24, 2.45) is 11.3 Å². The van der Waals surface area contributed by atoms with Crippen molar-refractivity contribution in [2.45, 2.75) is 71.8 Å². The zero-order valence-corrected chi connectivity index (χ0v) is 12.0. The molecule has 1 saturated carbocycles. The van der Waals surface area contributed by atoms with Crippen LogP contribution in [0.4, 0.5) is 0 Å². The fourth-order valence-electron chi connectivity index (χ4n) is 2.78. The Balaban J connectivity index is 2.09. The number of aliphatic hydroxyl groups is 1. The predicted molar refractivity (Wildman–Crippen MR) is 74.1 cm³/mol. The molecule has 0 spiro atoms. The zero-order valence-electron chi connectivity index (χ0n) is 12.0. The molecular formula is C15H31NO. The van der Waals surface area contributed by atoms with E-state index in [1.54, 1.807) is 0 Å². The summed E-state index contributed by atoms with van der Waals surface area (Å²) < 4.78 is 0. The molecule has 0 radical (unpaired) electrons. The minimum atomic E-state index is 0.0930. The standard InChI is InChI=1S/C15H31NO/c1-13(14-8-5-4-6-9-14)16-11-7-10-15(2,3)12-17/h13-14,16-17H,4-12H2,1-3H3. The van der Waals surface area contributed by atoms with Crippen LogP contribution in [0.1, 0.15) is 65.7 Å². The van der Waals surface area contributed by atoms with Gasteiger partial charge in [0.25, 0.3) is 0 Å². The van der Waals surface area contributed by atoms with Crippen molar-refractivity contribution in [3.05, 3.63) is 0 Å². The molecule has 0 amide bonds. The van der Waals surface area contributed by atoms with Gasteiger partial charge in [0.05, 0.1) is 0 Å². The highest BCUT2D eigenvalue weighted by molar-refractivity contribution is 4.76. The molecule has 102 valence electrons. The molecule has 1 fully saturated rings. The van der Waals surface area contributed by atoms with Gasteiger partial charge in [0, 0.05) is 12.6 Å². The van der Waals surface area contributed by atoms with Gasteiger partial charge in [-0.1, -0.05) is 33.1 Å². The number of hydrogen-bond donors (Lipinski definition) is 2. The van der Waals surface area contributed by atoms with E-state index in [0.717, 1.165) is 18.9 Å². The molecule has 0 saturated heterocycles. The van der Waals surface area contributed by atoms with Gasteiger partial charge in [0.1, 0.15) is 0 Å². The van der Waals surface area contributed by atoms with Crippen LogP contribution in [-0.4, -0.2) is 24.3 Å². The number of rotatable bonds is 7. The molecular weight excluding hydrogens is 210 g/mol. The molecule has 2 nitrogen and oxygen atoms in total. The van der Waals surface area contributed by atoms with Crippen LogP contribution in [-0.2, 0) is 0 Å². The number of nitrogens with one attached hydrogen (secondary N) is 1. The Bertz CT molecular complexity index is 197. The second-order valence-corrected chi connectivity index (χ2v) is 6.57. The highest BCUT2D eigenvalue weighted by atomic mass is 16.3. The molecule has 0 aromatic heterocycles. The van der Waals surface area contributed by atoms with Crippen LogP contribution in [0.3, 0.4) is 0 Å². The second kappa shape index (κ2) is 7.38. The van der Waals surface area contributed by atoms with Gasteiger partial charge in [-0.15, -0.1) is 0 Å². The number of aliphatic hydroxyl groups excluding tert-OH is 1. The van der Waals surface area contributed by atoms with Gasteiger partial charge < -0.3 is 10.4 Å². The third-order valence-electron chi connectivity index (χ3n) is 4.28. The molecule has 0 aromatic carbocycles. The summed E-state index contributed by atoms with van der Waals surface area (Å²) in [7, 11) is 0. The van der Waals surface area contributed by atoms with E-state index in [9.17, 15) is 5.11 Å². The molecule has 2 heteroatoms. The first-order valence-electron chi connectivity index (χ1n) is 7.39. The summed E-state index contributed by atoms with van der Waals surface area (Å²) in [4.78, 5) is 0. The lowest BCUT2D eigenvalue weighted by Crippen LogP contribution is -2.35. The maximum absolute atomic E-state index is 9.19. The van der Waals surface area contributed by atoms with E-state index in [4.69, 9.17) is 0 Å². The summed E-state index contributed by atoms with van der Waals surface area (Å²) in [6, 6.07) is 0.674. The third-order valence-corrected chi connectivity index (χ3v) is 4.28. The van der Waals surface area contributed by atoms with Crippen molar-refractivity contribution in [2.75, 3.05) is 13.2 Å². The van der Waals surface area contributed by atoms with E-state index in [1.807, 2.05) is 0 Å². The second-order valence-electron chi connectivity index (χ2n) is 6.57. The summed E-state index contributed by atoms with van der Waals surface area (Å²) in [6.07, 6.45) is 9.39. The highest BCUT2D eigenvalue weighted by Gasteiger charge is 2.20. The van der Waals surface area contributed by atoms with Crippen LogP contribution >= 0.6 is 0 Å². The summed E-state index contributed by atoms with van der Waals surface area (Å²) in [5.74, 6) is 0.898. The smallest absolute Gasteiger partial charge is 0.0482 e. The quantitative estimate of drug-likeness (QED) is 0.670. The number of hydrogen-bond acceptors (Lipinski definition) is 2. The average molecular weight is 241 g/mol. The molecule has 1 aliphatic rings. The molecule has 17 heavy (non-hydrogen) atoms. The largest absolute Gasteiger partial charge is 0.396 e. The molecule has 0 bridgehead atoms. The van der Waals surface area contributed by atoms with E-state index in [2.05, 4.69) is 26.1 Å². The lowest BCUT2D eigenvalue weighted by atomic mass is 9.84. The van der Waals surface area contributed by atoms with Gasteiger partial charge in [-0.2, -0.15) is 0 Å². The summed E-state index contributed by atoms with van der Waals surface area (Å²) in [5, 5.41) is 12.9.